The van der Waals surface area contributed by atoms with Gasteiger partial charge < -0.3 is 15.4 Å². The van der Waals surface area contributed by atoms with Crippen LogP contribution in [-0.4, -0.2) is 24.2 Å². The summed E-state index contributed by atoms with van der Waals surface area (Å²) in [6, 6.07) is 10.6. The number of para-hydroxylation sites is 1. The average molecular weight is 398 g/mol. The van der Waals surface area contributed by atoms with Gasteiger partial charge in [-0.1, -0.05) is 18.2 Å². The third-order valence-corrected chi connectivity index (χ3v) is 4.35. The quantitative estimate of drug-likeness (QED) is 0.632. The van der Waals surface area contributed by atoms with Crippen molar-refractivity contribution < 1.29 is 22.7 Å². The molecular weight excluding hydrogens is 377 g/mol. The standard InChI is InChI=1S/C19H21F3N2O2S/c1-12-5-4-6-13(2)17(12)26-11-14(3)23-18(25)24-15-7-9-16(10-8-15)27-19(20,21)22/h4-10,14H,11H2,1-3H3,(H2,23,24,25). The van der Waals surface area contributed by atoms with Crippen LogP contribution in [0.25, 0.3) is 0 Å². The smallest absolute Gasteiger partial charge is 0.446 e. The second-order valence-corrected chi connectivity index (χ2v) is 7.24. The fourth-order valence-electron chi connectivity index (χ4n) is 2.41. The molecule has 1 atom stereocenters. The van der Waals surface area contributed by atoms with Crippen LogP contribution in [-0.2, 0) is 0 Å². The van der Waals surface area contributed by atoms with Crippen molar-refractivity contribution in [3.63, 3.8) is 0 Å². The van der Waals surface area contributed by atoms with E-state index in [2.05, 4.69) is 10.6 Å². The molecule has 4 nitrogen and oxygen atoms in total. The van der Waals surface area contributed by atoms with Crippen molar-refractivity contribution in [1.29, 1.82) is 0 Å². The lowest BCUT2D eigenvalue weighted by Gasteiger charge is -2.18. The Labute approximate surface area is 160 Å². The molecule has 1 unspecified atom stereocenters. The van der Waals surface area contributed by atoms with Gasteiger partial charge in [0, 0.05) is 10.6 Å². The zero-order valence-corrected chi connectivity index (χ0v) is 16.0. The Morgan fingerprint density at radius 1 is 1.11 bits per heavy atom. The highest BCUT2D eigenvalue weighted by Gasteiger charge is 2.29. The normalized spacial score (nSPS) is 12.4. The van der Waals surface area contributed by atoms with Gasteiger partial charge in [-0.05, 0) is 67.9 Å². The lowest BCUT2D eigenvalue weighted by Crippen LogP contribution is -2.39. The molecule has 2 N–H and O–H groups in total. The molecule has 2 aromatic rings. The van der Waals surface area contributed by atoms with Crippen LogP contribution in [0.2, 0.25) is 0 Å². The van der Waals surface area contributed by atoms with Crippen molar-refractivity contribution in [1.82, 2.24) is 5.32 Å². The monoisotopic (exact) mass is 398 g/mol. The van der Waals surface area contributed by atoms with E-state index in [1.807, 2.05) is 32.0 Å². The summed E-state index contributed by atoms with van der Waals surface area (Å²) in [5.74, 6) is 0.796. The third kappa shape index (κ3) is 7.05. The largest absolute Gasteiger partial charge is 0.491 e. The maximum Gasteiger partial charge on any atom is 0.446 e. The Balaban J connectivity index is 1.82. The molecule has 2 aromatic carbocycles. The van der Waals surface area contributed by atoms with Gasteiger partial charge in [0.05, 0.1) is 6.04 Å². The van der Waals surface area contributed by atoms with Gasteiger partial charge in [-0.15, -0.1) is 0 Å². The van der Waals surface area contributed by atoms with E-state index in [9.17, 15) is 18.0 Å². The number of thioether (sulfide) groups is 1. The SMILES string of the molecule is Cc1cccc(C)c1OCC(C)NC(=O)Nc1ccc(SC(F)(F)F)cc1. The predicted molar refractivity (Wildman–Crippen MR) is 101 cm³/mol. The number of nitrogens with one attached hydrogen (secondary N) is 2. The average Bonchev–Trinajstić information content (AvgIpc) is 2.55. The molecule has 8 heteroatoms. The first-order chi connectivity index (χ1) is 12.6. The van der Waals surface area contributed by atoms with Crippen LogP contribution in [0.5, 0.6) is 5.75 Å². The number of urea groups is 1. The number of carbonyl (C=O) groups is 1. The van der Waals surface area contributed by atoms with Crippen molar-refractivity contribution >= 4 is 23.5 Å². The van der Waals surface area contributed by atoms with E-state index < -0.39 is 11.5 Å². The number of ether oxygens (including phenoxy) is 1. The summed E-state index contributed by atoms with van der Waals surface area (Å²) in [4.78, 5) is 12.1. The van der Waals surface area contributed by atoms with Gasteiger partial charge in [0.2, 0.25) is 0 Å². The molecule has 0 heterocycles. The number of carbonyl (C=O) groups excluding carboxylic acids is 1. The van der Waals surface area contributed by atoms with E-state index in [0.29, 0.717) is 12.3 Å². The maximum atomic E-state index is 12.3. The minimum Gasteiger partial charge on any atom is -0.491 e. The summed E-state index contributed by atoms with van der Waals surface area (Å²) in [5.41, 5.74) is -1.90. The van der Waals surface area contributed by atoms with Crippen LogP contribution >= 0.6 is 11.8 Å². The van der Waals surface area contributed by atoms with Crippen molar-refractivity contribution in [2.45, 2.75) is 37.2 Å². The summed E-state index contributed by atoms with van der Waals surface area (Å²) in [7, 11) is 0. The number of benzene rings is 2. The van der Waals surface area contributed by atoms with E-state index in [-0.39, 0.29) is 22.7 Å². The van der Waals surface area contributed by atoms with Crippen LogP contribution in [0.4, 0.5) is 23.7 Å². The van der Waals surface area contributed by atoms with Crippen molar-refractivity contribution in [2.24, 2.45) is 0 Å². The molecular formula is C19H21F3N2O2S. The predicted octanol–water partition coefficient (Wildman–Crippen LogP) is 5.50. The number of aryl methyl sites for hydroxylation is 2. The molecule has 0 radical (unpaired) electrons. The van der Waals surface area contributed by atoms with Gasteiger partial charge in [-0.2, -0.15) is 13.2 Å². The van der Waals surface area contributed by atoms with Crippen LogP contribution < -0.4 is 15.4 Å². The zero-order valence-electron chi connectivity index (χ0n) is 15.2. The molecule has 0 bridgehead atoms. The van der Waals surface area contributed by atoms with Crippen LogP contribution in [0.3, 0.4) is 0 Å². The first kappa shape index (κ1) is 21.0. The van der Waals surface area contributed by atoms with Crippen LogP contribution in [0.15, 0.2) is 47.4 Å². The molecule has 0 fully saturated rings. The van der Waals surface area contributed by atoms with Crippen molar-refractivity contribution in [2.75, 3.05) is 11.9 Å². The van der Waals surface area contributed by atoms with Gasteiger partial charge in [0.1, 0.15) is 12.4 Å². The van der Waals surface area contributed by atoms with E-state index in [4.69, 9.17) is 4.74 Å². The maximum absolute atomic E-state index is 12.3. The third-order valence-electron chi connectivity index (χ3n) is 3.61. The molecule has 0 aliphatic carbocycles. The van der Waals surface area contributed by atoms with Crippen LogP contribution in [0, 0.1) is 13.8 Å². The summed E-state index contributed by atoms with van der Waals surface area (Å²) >= 11 is -0.199. The fraction of sp³-hybridized carbons (Fsp3) is 0.316. The number of amides is 2. The van der Waals surface area contributed by atoms with Crippen molar-refractivity contribution in [3.8, 4) is 5.75 Å². The Bertz CT molecular complexity index is 759. The van der Waals surface area contributed by atoms with E-state index in [1.54, 1.807) is 6.92 Å². The molecule has 0 aliphatic heterocycles. The number of rotatable bonds is 6. The summed E-state index contributed by atoms with van der Waals surface area (Å²) in [6.07, 6.45) is 0. The highest BCUT2D eigenvalue weighted by molar-refractivity contribution is 8.00. The zero-order chi connectivity index (χ0) is 20.0. The number of hydrogen-bond donors (Lipinski definition) is 2. The molecule has 0 saturated heterocycles. The molecule has 0 saturated carbocycles. The minimum absolute atomic E-state index is 0.0591. The molecule has 2 rings (SSSR count). The molecule has 0 aliphatic rings. The lowest BCUT2D eigenvalue weighted by atomic mass is 10.1. The van der Waals surface area contributed by atoms with Gasteiger partial charge in [-0.25, -0.2) is 4.79 Å². The number of halogens is 3. The van der Waals surface area contributed by atoms with E-state index >= 15 is 0 Å². The molecule has 146 valence electrons. The Kier molecular flexibility index (Phi) is 7.01. The van der Waals surface area contributed by atoms with Crippen molar-refractivity contribution in [3.05, 3.63) is 53.6 Å². The summed E-state index contributed by atoms with van der Waals surface area (Å²) in [6.45, 7) is 6.00. The lowest BCUT2D eigenvalue weighted by molar-refractivity contribution is -0.0328. The molecule has 0 spiro atoms. The molecule has 0 aromatic heterocycles. The summed E-state index contributed by atoms with van der Waals surface area (Å²) < 4.78 is 42.7. The Morgan fingerprint density at radius 3 is 2.26 bits per heavy atom. The number of anilines is 1. The highest BCUT2D eigenvalue weighted by Crippen LogP contribution is 2.37. The first-order valence-electron chi connectivity index (χ1n) is 8.26. The second kappa shape index (κ2) is 9.03. The highest BCUT2D eigenvalue weighted by atomic mass is 32.2. The second-order valence-electron chi connectivity index (χ2n) is 6.10. The topological polar surface area (TPSA) is 50.4 Å². The Morgan fingerprint density at radius 2 is 1.70 bits per heavy atom. The first-order valence-corrected chi connectivity index (χ1v) is 9.08. The van der Waals surface area contributed by atoms with Crippen LogP contribution in [0.1, 0.15) is 18.1 Å². The summed E-state index contributed by atoms with van der Waals surface area (Å²) in [5, 5.41) is 5.32. The van der Waals surface area contributed by atoms with E-state index in [1.165, 1.54) is 24.3 Å². The molecule has 27 heavy (non-hydrogen) atoms. The Hall–Kier alpha value is -2.35. The van der Waals surface area contributed by atoms with Gasteiger partial charge in [-0.3, -0.25) is 0 Å². The fourth-order valence-corrected chi connectivity index (χ4v) is 2.95. The minimum atomic E-state index is -4.34. The van der Waals surface area contributed by atoms with Gasteiger partial charge in [0.25, 0.3) is 0 Å². The van der Waals surface area contributed by atoms with E-state index in [0.717, 1.165) is 16.9 Å². The number of alkyl halides is 3. The van der Waals surface area contributed by atoms with Gasteiger partial charge in [0.15, 0.2) is 0 Å². The number of hydrogen-bond acceptors (Lipinski definition) is 3. The van der Waals surface area contributed by atoms with Gasteiger partial charge >= 0.3 is 11.5 Å². The molecule has 2 amide bonds.